The summed E-state index contributed by atoms with van der Waals surface area (Å²) < 4.78 is 26.5. The lowest BCUT2D eigenvalue weighted by molar-refractivity contribution is 0.0856. The van der Waals surface area contributed by atoms with Crippen LogP contribution in [0.1, 0.15) is 18.4 Å². The number of fused-ring (bicyclic) bond motifs is 2. The molecule has 1 aromatic heterocycles. The van der Waals surface area contributed by atoms with Crippen molar-refractivity contribution in [2.75, 3.05) is 32.8 Å². The average molecular weight is 483 g/mol. The van der Waals surface area contributed by atoms with E-state index >= 15 is 0 Å². The predicted molar refractivity (Wildman–Crippen MR) is 126 cm³/mol. The molecule has 1 fully saturated rings. The van der Waals surface area contributed by atoms with Gasteiger partial charge in [-0.25, -0.2) is 14.2 Å². The topological polar surface area (TPSA) is 97.1 Å². The van der Waals surface area contributed by atoms with Gasteiger partial charge in [0.05, 0.1) is 17.2 Å². The Balaban J connectivity index is 1.21. The molecule has 1 saturated heterocycles. The zero-order valence-electron chi connectivity index (χ0n) is 19.2. The Kier molecular flexibility index (Phi) is 6.54. The number of likely N-dealkylation sites (tertiary alicyclic amines) is 1. The summed E-state index contributed by atoms with van der Waals surface area (Å²) in [5, 5.41) is 9.88. The molecule has 0 radical (unpaired) electrons. The van der Waals surface area contributed by atoms with Crippen LogP contribution in [0.3, 0.4) is 0 Å². The number of hydrogen-bond donors (Lipinski definition) is 1. The number of benzene rings is 2. The number of carbonyl (C=O) groups is 1. The Labute approximate surface area is 201 Å². The fourth-order valence-corrected chi connectivity index (χ4v) is 4.80. The largest absolute Gasteiger partial charge is 0.486 e. The highest BCUT2D eigenvalue weighted by molar-refractivity contribution is 5.74. The first-order valence-corrected chi connectivity index (χ1v) is 11.7. The Morgan fingerprint density at radius 1 is 1.09 bits per heavy atom. The van der Waals surface area contributed by atoms with Crippen molar-refractivity contribution < 1.29 is 23.8 Å². The number of rotatable bonds is 6. The standard InChI is InChI=1S/C25H27FN4O5/c26-18-2-3-20-21(14-18)29(24(31)15-27-20)10-9-28-7-5-19(6-8-28)30(25(32)33)16-17-1-4-22-23(13-17)35-12-11-34-22/h1-4,13-15,19H,5-12,16H2,(H,32,33). The van der Waals surface area contributed by atoms with E-state index in [4.69, 9.17) is 9.47 Å². The highest BCUT2D eigenvalue weighted by Gasteiger charge is 2.28. The summed E-state index contributed by atoms with van der Waals surface area (Å²) in [4.78, 5) is 32.2. The molecule has 0 atom stereocenters. The normalized spacial score (nSPS) is 16.4. The number of hydrogen-bond acceptors (Lipinski definition) is 6. The molecule has 0 aliphatic carbocycles. The molecule has 3 aromatic rings. The van der Waals surface area contributed by atoms with Crippen molar-refractivity contribution in [2.24, 2.45) is 0 Å². The van der Waals surface area contributed by atoms with Gasteiger partial charge in [-0.05, 0) is 48.7 Å². The van der Waals surface area contributed by atoms with E-state index in [0.29, 0.717) is 74.8 Å². The fraction of sp³-hybridized carbons (Fsp3) is 0.400. The van der Waals surface area contributed by atoms with Gasteiger partial charge in [-0.1, -0.05) is 6.07 Å². The van der Waals surface area contributed by atoms with E-state index in [0.717, 1.165) is 5.56 Å². The second-order valence-corrected chi connectivity index (χ2v) is 8.84. The Hall–Kier alpha value is -3.66. The molecule has 2 aliphatic heterocycles. The van der Waals surface area contributed by atoms with Crippen LogP contribution in [-0.2, 0) is 13.1 Å². The van der Waals surface area contributed by atoms with E-state index in [9.17, 15) is 19.1 Å². The van der Waals surface area contributed by atoms with E-state index in [-0.39, 0.29) is 18.1 Å². The first kappa shape index (κ1) is 23.1. The van der Waals surface area contributed by atoms with Gasteiger partial charge in [0, 0.05) is 38.8 Å². The maximum Gasteiger partial charge on any atom is 0.407 e. The van der Waals surface area contributed by atoms with Crippen molar-refractivity contribution in [1.82, 2.24) is 19.4 Å². The van der Waals surface area contributed by atoms with Gasteiger partial charge in [0.15, 0.2) is 11.5 Å². The van der Waals surface area contributed by atoms with Crippen LogP contribution in [0.5, 0.6) is 11.5 Å². The molecule has 5 rings (SSSR count). The van der Waals surface area contributed by atoms with Crippen LogP contribution in [0.15, 0.2) is 47.4 Å². The summed E-state index contributed by atoms with van der Waals surface area (Å²) in [6, 6.07) is 9.66. The molecule has 35 heavy (non-hydrogen) atoms. The van der Waals surface area contributed by atoms with Crippen LogP contribution in [-0.4, -0.2) is 69.4 Å². The summed E-state index contributed by atoms with van der Waals surface area (Å²) in [6.45, 7) is 3.70. The molecule has 0 bridgehead atoms. The summed E-state index contributed by atoms with van der Waals surface area (Å²) in [6.07, 6.45) is 1.69. The lowest BCUT2D eigenvalue weighted by Crippen LogP contribution is -2.47. The molecule has 0 saturated carbocycles. The molecule has 2 aromatic carbocycles. The molecule has 0 unspecified atom stereocenters. The molecular weight excluding hydrogens is 455 g/mol. The zero-order chi connectivity index (χ0) is 24.4. The minimum absolute atomic E-state index is 0.101. The fourth-order valence-electron chi connectivity index (χ4n) is 4.80. The van der Waals surface area contributed by atoms with Crippen molar-refractivity contribution in [3.8, 4) is 11.5 Å². The van der Waals surface area contributed by atoms with Crippen molar-refractivity contribution >= 4 is 17.1 Å². The van der Waals surface area contributed by atoms with Crippen molar-refractivity contribution in [1.29, 1.82) is 0 Å². The van der Waals surface area contributed by atoms with Gasteiger partial charge in [0.2, 0.25) is 0 Å². The van der Waals surface area contributed by atoms with E-state index < -0.39 is 11.9 Å². The molecule has 3 heterocycles. The minimum atomic E-state index is -0.949. The summed E-state index contributed by atoms with van der Waals surface area (Å²) >= 11 is 0. The Morgan fingerprint density at radius 3 is 2.63 bits per heavy atom. The smallest absolute Gasteiger partial charge is 0.407 e. The van der Waals surface area contributed by atoms with Gasteiger partial charge in [0.25, 0.3) is 5.56 Å². The molecule has 10 heteroatoms. The number of carboxylic acid groups (broad SMARTS) is 1. The van der Waals surface area contributed by atoms with Crippen molar-refractivity contribution in [2.45, 2.75) is 32.0 Å². The first-order valence-electron chi connectivity index (χ1n) is 11.7. The highest BCUT2D eigenvalue weighted by atomic mass is 19.1. The molecular formula is C25H27FN4O5. The SMILES string of the molecule is O=C(O)N(Cc1ccc2c(c1)OCCO2)C1CCN(CCn2c(=O)cnc3ccc(F)cc32)CC1. The number of halogens is 1. The highest BCUT2D eigenvalue weighted by Crippen LogP contribution is 2.31. The van der Waals surface area contributed by atoms with Gasteiger partial charge in [-0.15, -0.1) is 0 Å². The number of piperidine rings is 1. The van der Waals surface area contributed by atoms with Crippen LogP contribution in [0, 0.1) is 5.82 Å². The molecule has 9 nitrogen and oxygen atoms in total. The van der Waals surface area contributed by atoms with Crippen LogP contribution in [0.4, 0.5) is 9.18 Å². The number of nitrogens with zero attached hydrogens (tertiary/aromatic N) is 4. The lowest BCUT2D eigenvalue weighted by Gasteiger charge is -2.37. The maximum atomic E-state index is 13.7. The van der Waals surface area contributed by atoms with Crippen LogP contribution in [0.2, 0.25) is 0 Å². The van der Waals surface area contributed by atoms with Crippen LogP contribution in [0.25, 0.3) is 11.0 Å². The third-order valence-electron chi connectivity index (χ3n) is 6.65. The first-order chi connectivity index (χ1) is 17.0. The van der Waals surface area contributed by atoms with Crippen molar-refractivity contribution in [3.05, 3.63) is 64.3 Å². The van der Waals surface area contributed by atoms with Crippen LogP contribution < -0.4 is 15.0 Å². The maximum absolute atomic E-state index is 13.7. The molecule has 1 amide bonds. The Bertz CT molecular complexity index is 1290. The van der Waals surface area contributed by atoms with Gasteiger partial charge in [0.1, 0.15) is 19.0 Å². The summed E-state index contributed by atoms with van der Waals surface area (Å²) in [5.41, 5.74) is 1.63. The van der Waals surface area contributed by atoms with E-state index in [1.807, 2.05) is 18.2 Å². The molecule has 1 N–H and O–H groups in total. The predicted octanol–water partition coefficient (Wildman–Crippen LogP) is 2.95. The number of amides is 1. The second kappa shape index (κ2) is 9.91. The Morgan fingerprint density at radius 2 is 1.86 bits per heavy atom. The monoisotopic (exact) mass is 482 g/mol. The summed E-state index contributed by atoms with van der Waals surface area (Å²) in [5.74, 6) is 0.915. The van der Waals surface area contributed by atoms with Gasteiger partial charge in [-0.2, -0.15) is 0 Å². The zero-order valence-corrected chi connectivity index (χ0v) is 19.2. The molecule has 0 spiro atoms. The summed E-state index contributed by atoms with van der Waals surface area (Å²) in [7, 11) is 0. The van der Waals surface area contributed by atoms with Crippen LogP contribution >= 0.6 is 0 Å². The van der Waals surface area contributed by atoms with E-state index in [1.165, 1.54) is 23.2 Å². The third-order valence-corrected chi connectivity index (χ3v) is 6.65. The number of aromatic nitrogens is 2. The van der Waals surface area contributed by atoms with E-state index in [1.54, 1.807) is 10.6 Å². The third kappa shape index (κ3) is 5.07. The van der Waals surface area contributed by atoms with E-state index in [2.05, 4.69) is 9.88 Å². The lowest BCUT2D eigenvalue weighted by atomic mass is 10.0. The second-order valence-electron chi connectivity index (χ2n) is 8.84. The number of ether oxygens (including phenoxy) is 2. The van der Waals surface area contributed by atoms with Gasteiger partial charge >= 0.3 is 6.09 Å². The minimum Gasteiger partial charge on any atom is -0.486 e. The van der Waals surface area contributed by atoms with Crippen molar-refractivity contribution in [3.63, 3.8) is 0 Å². The quantitative estimate of drug-likeness (QED) is 0.577. The molecule has 2 aliphatic rings. The average Bonchev–Trinajstić information content (AvgIpc) is 2.87. The van der Waals surface area contributed by atoms with Gasteiger partial charge < -0.3 is 28.9 Å². The molecule has 184 valence electrons. The van der Waals surface area contributed by atoms with Gasteiger partial charge in [-0.3, -0.25) is 4.79 Å².